The molecule has 0 spiro atoms. The van der Waals surface area contributed by atoms with Crippen molar-refractivity contribution in [3.63, 3.8) is 0 Å². The second kappa shape index (κ2) is 3.98. The molecule has 0 aliphatic carbocycles. The first-order chi connectivity index (χ1) is 7.20. The monoisotopic (exact) mass is 269 g/mol. The second-order valence-corrected chi connectivity index (χ2v) is 3.67. The summed E-state index contributed by atoms with van der Waals surface area (Å²) in [6, 6.07) is 3.60. The minimum absolute atomic E-state index is 0.387. The summed E-state index contributed by atoms with van der Waals surface area (Å²) in [5, 5.41) is 7.60. The Bertz CT molecular complexity index is 484. The maximum atomic E-state index is 5.25. The molecule has 0 unspecified atom stereocenters. The van der Waals surface area contributed by atoms with Crippen LogP contribution in [0.3, 0.4) is 0 Å². The number of nitrogens with zero attached hydrogens (tertiary/aromatic N) is 3. The van der Waals surface area contributed by atoms with Gasteiger partial charge in [-0.3, -0.25) is 0 Å². The first kappa shape index (κ1) is 10.1. The third-order valence-electron chi connectivity index (χ3n) is 1.75. The molecule has 0 saturated carbocycles. The number of pyridine rings is 1. The van der Waals surface area contributed by atoms with E-state index in [1.54, 1.807) is 20.1 Å². The standard InChI is InChI=1S/C9H8BrN3O2/c1-5-12-13-9(15-5)7-4-3-6(10)8(11-7)14-2/h3-4H,1-2H3. The summed E-state index contributed by atoms with van der Waals surface area (Å²) in [7, 11) is 1.55. The molecule has 0 aromatic carbocycles. The zero-order chi connectivity index (χ0) is 10.8. The van der Waals surface area contributed by atoms with Gasteiger partial charge in [-0.1, -0.05) is 0 Å². The summed E-state index contributed by atoms with van der Waals surface area (Å²) in [4.78, 5) is 4.21. The van der Waals surface area contributed by atoms with Crippen molar-refractivity contribution >= 4 is 15.9 Å². The quantitative estimate of drug-likeness (QED) is 0.837. The smallest absolute Gasteiger partial charge is 0.266 e. The molecule has 2 aromatic rings. The summed E-state index contributed by atoms with van der Waals surface area (Å²) >= 11 is 3.31. The Balaban J connectivity index is 2.45. The Morgan fingerprint density at radius 2 is 2.13 bits per heavy atom. The molecule has 0 amide bonds. The van der Waals surface area contributed by atoms with Crippen molar-refractivity contribution < 1.29 is 9.15 Å². The highest BCUT2D eigenvalue weighted by Gasteiger charge is 2.10. The highest BCUT2D eigenvalue weighted by molar-refractivity contribution is 9.10. The lowest BCUT2D eigenvalue weighted by molar-refractivity contribution is 0.395. The van der Waals surface area contributed by atoms with E-state index in [1.807, 2.05) is 6.07 Å². The molecular weight excluding hydrogens is 262 g/mol. The fourth-order valence-electron chi connectivity index (χ4n) is 1.09. The number of hydrogen-bond donors (Lipinski definition) is 0. The summed E-state index contributed by atoms with van der Waals surface area (Å²) < 4.78 is 11.1. The van der Waals surface area contributed by atoms with Gasteiger partial charge in [0.1, 0.15) is 5.69 Å². The Kier molecular flexibility index (Phi) is 2.68. The van der Waals surface area contributed by atoms with E-state index in [0.29, 0.717) is 23.4 Å². The molecule has 2 aromatic heterocycles. The number of ether oxygens (including phenoxy) is 1. The van der Waals surface area contributed by atoms with Crippen LogP contribution in [0.2, 0.25) is 0 Å². The van der Waals surface area contributed by atoms with E-state index in [1.165, 1.54) is 0 Å². The van der Waals surface area contributed by atoms with Crippen LogP contribution in [0, 0.1) is 6.92 Å². The van der Waals surface area contributed by atoms with Crippen molar-refractivity contribution in [2.45, 2.75) is 6.92 Å². The Morgan fingerprint density at radius 1 is 1.33 bits per heavy atom. The minimum Gasteiger partial charge on any atom is -0.480 e. The summed E-state index contributed by atoms with van der Waals surface area (Å²) in [5.74, 6) is 1.38. The fourth-order valence-corrected chi connectivity index (χ4v) is 1.47. The van der Waals surface area contributed by atoms with Crippen LogP contribution in [0.25, 0.3) is 11.6 Å². The minimum atomic E-state index is 0.387. The van der Waals surface area contributed by atoms with Crippen LogP contribution in [-0.4, -0.2) is 22.3 Å². The summed E-state index contributed by atoms with van der Waals surface area (Å²) in [5.41, 5.74) is 0.593. The van der Waals surface area contributed by atoms with Crippen molar-refractivity contribution in [3.8, 4) is 17.5 Å². The van der Waals surface area contributed by atoms with Gasteiger partial charge in [0.25, 0.3) is 5.89 Å². The Morgan fingerprint density at radius 3 is 2.73 bits per heavy atom. The van der Waals surface area contributed by atoms with E-state index in [0.717, 1.165) is 4.47 Å². The lowest BCUT2D eigenvalue weighted by Crippen LogP contribution is -1.91. The normalized spacial score (nSPS) is 10.3. The van der Waals surface area contributed by atoms with Crippen LogP contribution in [0.1, 0.15) is 5.89 Å². The topological polar surface area (TPSA) is 61.0 Å². The first-order valence-electron chi connectivity index (χ1n) is 4.21. The second-order valence-electron chi connectivity index (χ2n) is 2.81. The molecule has 0 fully saturated rings. The molecule has 0 aliphatic heterocycles. The van der Waals surface area contributed by atoms with E-state index in [-0.39, 0.29) is 0 Å². The van der Waals surface area contributed by atoms with Gasteiger partial charge in [0.05, 0.1) is 11.6 Å². The van der Waals surface area contributed by atoms with E-state index in [9.17, 15) is 0 Å². The van der Waals surface area contributed by atoms with Crippen LogP contribution in [0.15, 0.2) is 21.0 Å². The molecule has 6 heteroatoms. The van der Waals surface area contributed by atoms with Crippen molar-refractivity contribution in [2.75, 3.05) is 7.11 Å². The molecule has 2 heterocycles. The lowest BCUT2D eigenvalue weighted by atomic mass is 10.3. The van der Waals surface area contributed by atoms with Crippen molar-refractivity contribution in [1.29, 1.82) is 0 Å². The molecular formula is C9H8BrN3O2. The number of rotatable bonds is 2. The summed E-state index contributed by atoms with van der Waals surface area (Å²) in [6.45, 7) is 1.73. The van der Waals surface area contributed by atoms with Gasteiger partial charge < -0.3 is 9.15 Å². The van der Waals surface area contributed by atoms with Crippen LogP contribution >= 0.6 is 15.9 Å². The lowest BCUT2D eigenvalue weighted by Gasteiger charge is -2.02. The van der Waals surface area contributed by atoms with Crippen molar-refractivity contribution in [2.24, 2.45) is 0 Å². The number of hydrogen-bond acceptors (Lipinski definition) is 5. The molecule has 0 N–H and O–H groups in total. The van der Waals surface area contributed by atoms with E-state index in [2.05, 4.69) is 31.1 Å². The van der Waals surface area contributed by atoms with Gasteiger partial charge in [-0.2, -0.15) is 0 Å². The Hall–Kier alpha value is -1.43. The third kappa shape index (κ3) is 1.99. The van der Waals surface area contributed by atoms with Gasteiger partial charge >= 0.3 is 0 Å². The number of halogens is 1. The molecule has 0 saturated heterocycles. The van der Waals surface area contributed by atoms with E-state index >= 15 is 0 Å². The van der Waals surface area contributed by atoms with Crippen LogP contribution in [0.4, 0.5) is 0 Å². The van der Waals surface area contributed by atoms with Crippen molar-refractivity contribution in [1.82, 2.24) is 15.2 Å². The maximum Gasteiger partial charge on any atom is 0.266 e. The largest absolute Gasteiger partial charge is 0.480 e. The van der Waals surface area contributed by atoms with Gasteiger partial charge in [0.2, 0.25) is 11.8 Å². The molecule has 78 valence electrons. The molecule has 0 aliphatic rings. The third-order valence-corrected chi connectivity index (χ3v) is 2.36. The number of aromatic nitrogens is 3. The highest BCUT2D eigenvalue weighted by atomic mass is 79.9. The highest BCUT2D eigenvalue weighted by Crippen LogP contribution is 2.25. The summed E-state index contributed by atoms with van der Waals surface area (Å²) in [6.07, 6.45) is 0. The van der Waals surface area contributed by atoms with Gasteiger partial charge in [-0.05, 0) is 28.1 Å². The zero-order valence-corrected chi connectivity index (χ0v) is 9.78. The van der Waals surface area contributed by atoms with E-state index in [4.69, 9.17) is 9.15 Å². The molecule has 5 nitrogen and oxygen atoms in total. The van der Waals surface area contributed by atoms with Crippen LogP contribution < -0.4 is 4.74 Å². The Labute approximate surface area is 94.6 Å². The predicted molar refractivity (Wildman–Crippen MR) is 56.5 cm³/mol. The van der Waals surface area contributed by atoms with Gasteiger partial charge in [0, 0.05) is 6.92 Å². The SMILES string of the molecule is COc1nc(-c2nnc(C)o2)ccc1Br. The predicted octanol–water partition coefficient (Wildman–Crippen LogP) is 2.21. The average molecular weight is 270 g/mol. The van der Waals surface area contributed by atoms with Gasteiger partial charge in [-0.25, -0.2) is 4.98 Å². The van der Waals surface area contributed by atoms with Gasteiger partial charge in [-0.15, -0.1) is 10.2 Å². The molecule has 0 bridgehead atoms. The fraction of sp³-hybridized carbons (Fsp3) is 0.222. The van der Waals surface area contributed by atoms with E-state index < -0.39 is 0 Å². The van der Waals surface area contributed by atoms with Crippen LogP contribution in [-0.2, 0) is 0 Å². The molecule has 0 radical (unpaired) electrons. The molecule has 2 rings (SSSR count). The average Bonchev–Trinajstić information content (AvgIpc) is 2.66. The number of methoxy groups -OCH3 is 1. The first-order valence-corrected chi connectivity index (χ1v) is 5.01. The maximum absolute atomic E-state index is 5.25. The van der Waals surface area contributed by atoms with Crippen LogP contribution in [0.5, 0.6) is 5.88 Å². The number of aryl methyl sites for hydroxylation is 1. The molecule has 0 atom stereocenters. The van der Waals surface area contributed by atoms with Gasteiger partial charge in [0.15, 0.2) is 0 Å². The zero-order valence-electron chi connectivity index (χ0n) is 8.19. The molecule has 15 heavy (non-hydrogen) atoms. The van der Waals surface area contributed by atoms with Crippen molar-refractivity contribution in [3.05, 3.63) is 22.5 Å².